The van der Waals surface area contributed by atoms with Gasteiger partial charge in [-0.2, -0.15) is 0 Å². The maximum absolute atomic E-state index is 12.2. The predicted octanol–water partition coefficient (Wildman–Crippen LogP) is 1.20. The van der Waals surface area contributed by atoms with Gasteiger partial charge in [-0.15, -0.1) is 0 Å². The van der Waals surface area contributed by atoms with Crippen molar-refractivity contribution >= 4 is 29.2 Å². The number of nitrogens with zero attached hydrogens (tertiary/aromatic N) is 1. The van der Waals surface area contributed by atoms with Gasteiger partial charge in [0.2, 0.25) is 5.91 Å². The van der Waals surface area contributed by atoms with Gasteiger partial charge in [-0.1, -0.05) is 11.6 Å². The number of hydrogen-bond donors (Lipinski definition) is 2. The summed E-state index contributed by atoms with van der Waals surface area (Å²) < 4.78 is 5.10. The van der Waals surface area contributed by atoms with Crippen LogP contribution in [-0.4, -0.2) is 28.4 Å². The Balaban J connectivity index is 1.77. The second-order valence-electron chi connectivity index (χ2n) is 5.54. The fourth-order valence-corrected chi connectivity index (χ4v) is 2.82. The lowest BCUT2D eigenvalue weighted by molar-refractivity contribution is -0.117. The summed E-state index contributed by atoms with van der Waals surface area (Å²) in [7, 11) is 0. The molecular weight excluding hydrogens is 350 g/mol. The molecule has 1 aromatic carbocycles. The standard InChI is InChI=1S/C16H14ClN3O5/c17-10-4-9(5-12(6-10)20-3-1-2-14(20)22)15(23)25-8-11-7-13(21)19-16(24)18-11/h4-7H,1-3,8H2,(H2,18,19,21,24). The number of nitrogens with one attached hydrogen (secondary N) is 2. The quantitative estimate of drug-likeness (QED) is 0.792. The molecule has 1 aliphatic rings. The molecule has 0 radical (unpaired) electrons. The molecule has 130 valence electrons. The Kier molecular flexibility index (Phi) is 4.71. The number of ether oxygens (including phenoxy) is 1. The molecule has 25 heavy (non-hydrogen) atoms. The van der Waals surface area contributed by atoms with Gasteiger partial charge in [0.15, 0.2) is 0 Å². The molecular formula is C16H14ClN3O5. The van der Waals surface area contributed by atoms with Crippen LogP contribution in [0.1, 0.15) is 28.9 Å². The number of halogens is 1. The van der Waals surface area contributed by atoms with Crippen molar-refractivity contribution in [1.82, 2.24) is 9.97 Å². The van der Waals surface area contributed by atoms with Gasteiger partial charge in [-0.25, -0.2) is 9.59 Å². The Bertz CT molecular complexity index is 921. The molecule has 3 rings (SSSR count). The highest BCUT2D eigenvalue weighted by atomic mass is 35.5. The van der Waals surface area contributed by atoms with Gasteiger partial charge in [0.05, 0.1) is 11.3 Å². The number of rotatable bonds is 4. The van der Waals surface area contributed by atoms with Gasteiger partial charge in [0.25, 0.3) is 5.56 Å². The lowest BCUT2D eigenvalue weighted by Crippen LogP contribution is -2.24. The Hall–Kier alpha value is -2.87. The second-order valence-corrected chi connectivity index (χ2v) is 5.97. The molecule has 9 heteroatoms. The lowest BCUT2D eigenvalue weighted by Gasteiger charge is -2.17. The molecule has 2 heterocycles. The SMILES string of the molecule is O=C(OCc1cc(=O)[nH]c(=O)[nH]1)c1cc(Cl)cc(N2CCCC2=O)c1. The topological polar surface area (TPSA) is 112 Å². The van der Waals surface area contributed by atoms with E-state index in [4.69, 9.17) is 16.3 Å². The van der Waals surface area contributed by atoms with Crippen LogP contribution in [0.25, 0.3) is 0 Å². The van der Waals surface area contributed by atoms with E-state index in [-0.39, 0.29) is 23.8 Å². The summed E-state index contributed by atoms with van der Waals surface area (Å²) in [5.74, 6) is -0.709. The van der Waals surface area contributed by atoms with E-state index in [9.17, 15) is 19.2 Å². The number of aromatic amines is 2. The minimum Gasteiger partial charge on any atom is -0.456 e. The van der Waals surface area contributed by atoms with E-state index in [0.29, 0.717) is 23.7 Å². The molecule has 0 bridgehead atoms. The fraction of sp³-hybridized carbons (Fsp3) is 0.250. The Morgan fingerprint density at radius 3 is 2.64 bits per heavy atom. The maximum Gasteiger partial charge on any atom is 0.338 e. The number of amides is 1. The smallest absolute Gasteiger partial charge is 0.338 e. The number of aromatic nitrogens is 2. The van der Waals surface area contributed by atoms with E-state index in [1.165, 1.54) is 12.1 Å². The van der Waals surface area contributed by atoms with Crippen LogP contribution in [0.2, 0.25) is 5.02 Å². The first kappa shape index (κ1) is 17.0. The van der Waals surface area contributed by atoms with Crippen molar-refractivity contribution in [1.29, 1.82) is 0 Å². The van der Waals surface area contributed by atoms with Gasteiger partial charge in [-0.3, -0.25) is 14.6 Å². The molecule has 1 saturated heterocycles. The van der Waals surface area contributed by atoms with Crippen LogP contribution in [0.5, 0.6) is 0 Å². The third-order valence-corrected chi connectivity index (χ3v) is 3.90. The second kappa shape index (κ2) is 6.94. The van der Waals surface area contributed by atoms with Crippen LogP contribution in [0, 0.1) is 0 Å². The number of esters is 1. The highest BCUT2D eigenvalue weighted by Gasteiger charge is 2.23. The summed E-state index contributed by atoms with van der Waals surface area (Å²) in [5.41, 5.74) is -0.400. The summed E-state index contributed by atoms with van der Waals surface area (Å²) >= 11 is 6.04. The molecule has 2 N–H and O–H groups in total. The number of benzene rings is 1. The van der Waals surface area contributed by atoms with E-state index < -0.39 is 17.2 Å². The number of H-pyrrole nitrogens is 2. The summed E-state index contributed by atoms with van der Waals surface area (Å²) in [6, 6.07) is 5.68. The third kappa shape index (κ3) is 3.97. The van der Waals surface area contributed by atoms with Gasteiger partial charge < -0.3 is 14.6 Å². The Morgan fingerprint density at radius 1 is 1.16 bits per heavy atom. The molecule has 0 spiro atoms. The number of carbonyl (C=O) groups excluding carboxylic acids is 2. The molecule has 8 nitrogen and oxygen atoms in total. The largest absolute Gasteiger partial charge is 0.456 e. The van der Waals surface area contributed by atoms with Gasteiger partial charge in [0.1, 0.15) is 6.61 Å². The average molecular weight is 364 g/mol. The monoisotopic (exact) mass is 363 g/mol. The minimum atomic E-state index is -0.684. The van der Waals surface area contributed by atoms with E-state index in [2.05, 4.69) is 4.98 Å². The van der Waals surface area contributed by atoms with Crippen molar-refractivity contribution < 1.29 is 14.3 Å². The Morgan fingerprint density at radius 2 is 1.96 bits per heavy atom. The van der Waals surface area contributed by atoms with Gasteiger partial charge in [0, 0.05) is 29.7 Å². The van der Waals surface area contributed by atoms with Crippen LogP contribution in [-0.2, 0) is 16.1 Å². The molecule has 0 saturated carbocycles. The minimum absolute atomic E-state index is 0.0253. The summed E-state index contributed by atoms with van der Waals surface area (Å²) in [6.07, 6.45) is 1.21. The zero-order valence-electron chi connectivity index (χ0n) is 13.0. The molecule has 0 atom stereocenters. The Labute approximate surface area is 146 Å². The lowest BCUT2D eigenvalue weighted by atomic mass is 10.2. The van der Waals surface area contributed by atoms with Crippen molar-refractivity contribution in [3.63, 3.8) is 0 Å². The fourth-order valence-electron chi connectivity index (χ4n) is 2.59. The van der Waals surface area contributed by atoms with Crippen molar-refractivity contribution in [3.8, 4) is 0 Å². The number of carbonyl (C=O) groups is 2. The molecule has 1 aromatic heterocycles. The summed E-state index contributed by atoms with van der Waals surface area (Å²) in [5, 5.41) is 0.300. The first-order chi connectivity index (χ1) is 11.9. The van der Waals surface area contributed by atoms with Crippen LogP contribution < -0.4 is 16.1 Å². The van der Waals surface area contributed by atoms with Crippen LogP contribution >= 0.6 is 11.6 Å². The highest BCUT2D eigenvalue weighted by Crippen LogP contribution is 2.26. The molecule has 1 amide bonds. The van der Waals surface area contributed by atoms with E-state index in [1.807, 2.05) is 4.98 Å². The van der Waals surface area contributed by atoms with E-state index in [0.717, 1.165) is 12.5 Å². The van der Waals surface area contributed by atoms with Crippen molar-refractivity contribution in [2.45, 2.75) is 19.4 Å². The normalized spacial score (nSPS) is 14.0. The zero-order valence-corrected chi connectivity index (χ0v) is 13.8. The molecule has 2 aromatic rings. The highest BCUT2D eigenvalue weighted by molar-refractivity contribution is 6.31. The summed E-state index contributed by atoms with van der Waals surface area (Å²) in [4.78, 5) is 52.4. The first-order valence-corrected chi connectivity index (χ1v) is 7.91. The molecule has 0 aliphatic carbocycles. The third-order valence-electron chi connectivity index (χ3n) is 3.68. The van der Waals surface area contributed by atoms with Gasteiger partial charge >= 0.3 is 11.7 Å². The maximum atomic E-state index is 12.2. The van der Waals surface area contributed by atoms with Gasteiger partial charge in [-0.05, 0) is 24.6 Å². The molecule has 0 unspecified atom stereocenters. The molecule has 1 aliphatic heterocycles. The molecule has 1 fully saturated rings. The predicted molar refractivity (Wildman–Crippen MR) is 89.8 cm³/mol. The van der Waals surface area contributed by atoms with Crippen molar-refractivity contribution in [2.75, 3.05) is 11.4 Å². The van der Waals surface area contributed by atoms with Crippen LogP contribution in [0.4, 0.5) is 5.69 Å². The number of hydrogen-bond acceptors (Lipinski definition) is 5. The van der Waals surface area contributed by atoms with Crippen molar-refractivity contribution in [2.24, 2.45) is 0 Å². The number of anilines is 1. The first-order valence-electron chi connectivity index (χ1n) is 7.53. The van der Waals surface area contributed by atoms with Crippen molar-refractivity contribution in [3.05, 3.63) is 61.4 Å². The summed E-state index contributed by atoms with van der Waals surface area (Å²) in [6.45, 7) is 0.296. The van der Waals surface area contributed by atoms with E-state index in [1.54, 1.807) is 11.0 Å². The van der Waals surface area contributed by atoms with Crippen LogP contribution in [0.15, 0.2) is 33.9 Å². The average Bonchev–Trinajstić information content (AvgIpc) is 2.97. The zero-order chi connectivity index (χ0) is 18.0. The van der Waals surface area contributed by atoms with E-state index >= 15 is 0 Å². The van der Waals surface area contributed by atoms with Crippen LogP contribution in [0.3, 0.4) is 0 Å².